The van der Waals surface area contributed by atoms with E-state index < -0.39 is 11.8 Å². The maximum absolute atomic E-state index is 15.8. The molecule has 9 heteroatoms. The van der Waals surface area contributed by atoms with E-state index in [0.29, 0.717) is 56.0 Å². The number of halogens is 1. The highest BCUT2D eigenvalue weighted by Crippen LogP contribution is 2.39. The Morgan fingerprint density at radius 1 is 1.30 bits per heavy atom. The third kappa shape index (κ3) is 4.21. The fraction of sp³-hybridized carbons (Fsp3) is 0.542. The van der Waals surface area contributed by atoms with Gasteiger partial charge in [0, 0.05) is 19.8 Å². The Morgan fingerprint density at radius 3 is 2.73 bits per heavy atom. The van der Waals surface area contributed by atoms with Crippen molar-refractivity contribution in [1.29, 1.82) is 0 Å². The van der Waals surface area contributed by atoms with E-state index in [0.717, 1.165) is 12.8 Å². The summed E-state index contributed by atoms with van der Waals surface area (Å²) in [4.78, 5) is 25.7. The minimum atomic E-state index is -0.791. The molecular weight excluding hydrogens is 429 g/mol. The lowest BCUT2D eigenvalue weighted by Gasteiger charge is -2.36. The number of aromatic nitrogens is 2. The zero-order chi connectivity index (χ0) is 23.6. The fourth-order valence-corrected chi connectivity index (χ4v) is 4.65. The van der Waals surface area contributed by atoms with E-state index >= 15 is 4.39 Å². The van der Waals surface area contributed by atoms with Crippen LogP contribution in [0.4, 0.5) is 4.39 Å². The second kappa shape index (κ2) is 9.51. The summed E-state index contributed by atoms with van der Waals surface area (Å²) < 4.78 is 33.3. The molecule has 1 aromatic carbocycles. The summed E-state index contributed by atoms with van der Waals surface area (Å²) in [7, 11) is 1.37. The third-order valence-corrected chi connectivity index (χ3v) is 6.51. The quantitative estimate of drug-likeness (QED) is 0.667. The molecule has 1 spiro atoms. The molecule has 8 nitrogen and oxygen atoms in total. The van der Waals surface area contributed by atoms with Gasteiger partial charge in [0.25, 0.3) is 5.91 Å². The molecule has 0 aliphatic carbocycles. The summed E-state index contributed by atoms with van der Waals surface area (Å²) in [6.45, 7) is 5.71. The predicted octanol–water partition coefficient (Wildman–Crippen LogP) is 3.23. The standard InChI is InChI=1S/C24H30FN3O5/c1-4-10-33-23(30)20-18(31-3)7-6-16(21(20)25)28-17-13-24(8-11-32-12-9-24)14-26-22(29)19(17)15(5-2)27-28/h6-7H,4-5,8-14H2,1-3H3,(H,26,29). The van der Waals surface area contributed by atoms with Gasteiger partial charge in [0.1, 0.15) is 17.0 Å². The van der Waals surface area contributed by atoms with Crippen LogP contribution in [0.1, 0.15) is 65.2 Å². The normalized spacial score (nSPS) is 17.3. The number of fused-ring (bicyclic) bond motifs is 1. The molecule has 1 N–H and O–H groups in total. The smallest absolute Gasteiger partial charge is 0.345 e. The van der Waals surface area contributed by atoms with Crippen molar-refractivity contribution in [2.24, 2.45) is 5.41 Å². The maximum atomic E-state index is 15.8. The second-order valence-corrected chi connectivity index (χ2v) is 8.62. The summed E-state index contributed by atoms with van der Waals surface area (Å²) in [6, 6.07) is 3.05. The van der Waals surface area contributed by atoms with E-state index in [1.165, 1.54) is 23.9 Å². The van der Waals surface area contributed by atoms with Crippen LogP contribution < -0.4 is 10.1 Å². The van der Waals surface area contributed by atoms with Crippen molar-refractivity contribution in [1.82, 2.24) is 15.1 Å². The number of carbonyl (C=O) groups is 2. The van der Waals surface area contributed by atoms with Crippen LogP contribution in [0.3, 0.4) is 0 Å². The fourth-order valence-electron chi connectivity index (χ4n) is 4.65. The van der Waals surface area contributed by atoms with E-state index in [2.05, 4.69) is 10.4 Å². The summed E-state index contributed by atoms with van der Waals surface area (Å²) in [5.41, 5.74) is 1.37. The zero-order valence-corrected chi connectivity index (χ0v) is 19.3. The summed E-state index contributed by atoms with van der Waals surface area (Å²) >= 11 is 0. The number of hydrogen-bond acceptors (Lipinski definition) is 6. The number of esters is 1. The van der Waals surface area contributed by atoms with Crippen LogP contribution in [0, 0.1) is 11.2 Å². The van der Waals surface area contributed by atoms with Crippen molar-refractivity contribution in [3.05, 3.63) is 40.5 Å². The van der Waals surface area contributed by atoms with Gasteiger partial charge in [-0.15, -0.1) is 0 Å². The van der Waals surface area contributed by atoms with Crippen LogP contribution in [-0.2, 0) is 22.3 Å². The maximum Gasteiger partial charge on any atom is 0.345 e. The number of aryl methyl sites for hydroxylation is 1. The van der Waals surface area contributed by atoms with Gasteiger partial charge in [0.05, 0.1) is 30.7 Å². The minimum Gasteiger partial charge on any atom is -0.496 e. The molecule has 33 heavy (non-hydrogen) atoms. The summed E-state index contributed by atoms with van der Waals surface area (Å²) in [5, 5.41) is 7.67. The Bertz CT molecular complexity index is 1060. The first-order valence-electron chi connectivity index (χ1n) is 11.5. The first-order chi connectivity index (χ1) is 15.9. The molecule has 0 saturated carbocycles. The lowest BCUT2D eigenvalue weighted by atomic mass is 9.76. The number of carbonyl (C=O) groups excluding carboxylic acids is 2. The molecule has 1 aromatic heterocycles. The molecule has 0 unspecified atom stereocenters. The molecule has 0 atom stereocenters. The number of ether oxygens (including phenoxy) is 3. The number of rotatable bonds is 6. The first kappa shape index (κ1) is 23.2. The largest absolute Gasteiger partial charge is 0.496 e. The molecule has 4 rings (SSSR count). The SMILES string of the molecule is CCCOC(=O)c1c(OC)ccc(-n2nc(CC)c3c2CC2(CCOCC2)CNC3=O)c1F. The Labute approximate surface area is 192 Å². The number of amides is 1. The van der Waals surface area contributed by atoms with Gasteiger partial charge >= 0.3 is 5.97 Å². The van der Waals surface area contributed by atoms with Crippen LogP contribution in [0.15, 0.2) is 12.1 Å². The van der Waals surface area contributed by atoms with Gasteiger partial charge in [0.2, 0.25) is 0 Å². The van der Waals surface area contributed by atoms with Crippen LogP contribution in [0.5, 0.6) is 5.75 Å². The van der Waals surface area contributed by atoms with Crippen molar-refractivity contribution in [2.45, 2.75) is 46.0 Å². The molecule has 178 valence electrons. The average molecular weight is 460 g/mol. The number of methoxy groups -OCH3 is 1. The van der Waals surface area contributed by atoms with Gasteiger partial charge in [0.15, 0.2) is 5.82 Å². The van der Waals surface area contributed by atoms with Crippen molar-refractivity contribution < 1.29 is 28.2 Å². The average Bonchev–Trinajstić information content (AvgIpc) is 3.12. The van der Waals surface area contributed by atoms with Crippen LogP contribution in [0.25, 0.3) is 5.69 Å². The lowest BCUT2D eigenvalue weighted by molar-refractivity contribution is 0.0154. The molecule has 0 bridgehead atoms. The van der Waals surface area contributed by atoms with E-state index in [1.807, 2.05) is 13.8 Å². The molecule has 1 fully saturated rings. The van der Waals surface area contributed by atoms with Crippen molar-refractivity contribution in [3.63, 3.8) is 0 Å². The first-order valence-corrected chi connectivity index (χ1v) is 11.5. The Kier molecular flexibility index (Phi) is 6.69. The molecule has 2 aliphatic heterocycles. The van der Waals surface area contributed by atoms with Gasteiger partial charge in [-0.2, -0.15) is 5.10 Å². The Morgan fingerprint density at radius 2 is 2.06 bits per heavy atom. The third-order valence-electron chi connectivity index (χ3n) is 6.51. The van der Waals surface area contributed by atoms with Crippen LogP contribution in [0.2, 0.25) is 0 Å². The van der Waals surface area contributed by atoms with Crippen LogP contribution in [-0.4, -0.2) is 55.1 Å². The Hall–Kier alpha value is -2.94. The molecule has 2 aliphatic rings. The van der Waals surface area contributed by atoms with Gasteiger partial charge < -0.3 is 19.5 Å². The van der Waals surface area contributed by atoms with Gasteiger partial charge in [-0.3, -0.25) is 4.79 Å². The number of nitrogens with one attached hydrogen (secondary N) is 1. The highest BCUT2D eigenvalue weighted by Gasteiger charge is 2.40. The number of benzene rings is 1. The topological polar surface area (TPSA) is 91.7 Å². The van der Waals surface area contributed by atoms with Gasteiger partial charge in [-0.1, -0.05) is 13.8 Å². The van der Waals surface area contributed by atoms with Crippen LogP contribution >= 0.6 is 0 Å². The van der Waals surface area contributed by atoms with Gasteiger partial charge in [-0.05, 0) is 49.7 Å². The predicted molar refractivity (Wildman–Crippen MR) is 119 cm³/mol. The zero-order valence-electron chi connectivity index (χ0n) is 19.3. The number of hydrogen-bond donors (Lipinski definition) is 1. The molecule has 0 radical (unpaired) electrons. The van der Waals surface area contributed by atoms with Crippen molar-refractivity contribution in [2.75, 3.05) is 33.5 Å². The highest BCUT2D eigenvalue weighted by molar-refractivity contribution is 5.97. The van der Waals surface area contributed by atoms with Crippen molar-refractivity contribution >= 4 is 11.9 Å². The highest BCUT2D eigenvalue weighted by atomic mass is 19.1. The minimum absolute atomic E-state index is 0.0879. The van der Waals surface area contributed by atoms with Gasteiger partial charge in [-0.25, -0.2) is 13.9 Å². The lowest BCUT2D eigenvalue weighted by Crippen LogP contribution is -2.40. The monoisotopic (exact) mass is 459 g/mol. The summed E-state index contributed by atoms with van der Waals surface area (Å²) in [5.74, 6) is -1.69. The van der Waals surface area contributed by atoms with E-state index in [4.69, 9.17) is 14.2 Å². The Balaban J connectivity index is 1.87. The molecule has 1 saturated heterocycles. The van der Waals surface area contributed by atoms with E-state index in [1.54, 1.807) is 0 Å². The molecule has 3 heterocycles. The summed E-state index contributed by atoms with van der Waals surface area (Å²) in [6.07, 6.45) is 3.27. The van der Waals surface area contributed by atoms with Crippen molar-refractivity contribution in [3.8, 4) is 11.4 Å². The molecule has 2 aromatic rings. The van der Waals surface area contributed by atoms with E-state index in [-0.39, 0.29) is 34.9 Å². The van der Waals surface area contributed by atoms with E-state index in [9.17, 15) is 9.59 Å². The second-order valence-electron chi connectivity index (χ2n) is 8.62. The molecule has 1 amide bonds. The number of nitrogens with zero attached hydrogens (tertiary/aromatic N) is 2. The molecular formula is C24H30FN3O5.